The Morgan fingerprint density at radius 3 is 2.65 bits per heavy atom. The topological polar surface area (TPSA) is 103 Å². The molecule has 0 aliphatic heterocycles. The fraction of sp³-hybridized carbons (Fsp3) is 0.222. The summed E-state index contributed by atoms with van der Waals surface area (Å²) in [6.07, 6.45) is 2.98. The van der Waals surface area contributed by atoms with E-state index in [1.54, 1.807) is 31.3 Å². The summed E-state index contributed by atoms with van der Waals surface area (Å²) in [6.45, 7) is 4.45. The second kappa shape index (κ2) is 10.1. The van der Waals surface area contributed by atoms with Crippen LogP contribution in [0.15, 0.2) is 70.2 Å². The highest BCUT2D eigenvalue weighted by molar-refractivity contribution is 9.10. The number of nitrogens with one attached hydrogen (secondary N) is 1. The molecule has 0 atom stereocenters. The van der Waals surface area contributed by atoms with Crippen molar-refractivity contribution in [2.45, 2.75) is 38.1 Å². The lowest BCUT2D eigenvalue weighted by Crippen LogP contribution is -2.18. The van der Waals surface area contributed by atoms with E-state index in [-0.39, 0.29) is 17.5 Å². The minimum Gasteiger partial charge on any atom is -0.461 e. The molecule has 2 aromatic carbocycles. The number of anilines is 1. The zero-order valence-corrected chi connectivity index (χ0v) is 22.8. The van der Waals surface area contributed by atoms with Crippen LogP contribution in [0.5, 0.6) is 0 Å². The zero-order chi connectivity index (χ0) is 26.2. The van der Waals surface area contributed by atoms with Crippen LogP contribution < -0.4 is 4.72 Å². The van der Waals surface area contributed by atoms with E-state index >= 15 is 0 Å². The molecular formula is C27H25BrN4O4S. The highest BCUT2D eigenvalue weighted by Gasteiger charge is 2.32. The number of aromatic nitrogens is 3. The van der Waals surface area contributed by atoms with Gasteiger partial charge in [-0.05, 0) is 71.4 Å². The number of ether oxygens (including phenoxy) is 1. The van der Waals surface area contributed by atoms with Crippen LogP contribution in [0.25, 0.3) is 11.4 Å². The highest BCUT2D eigenvalue weighted by Crippen LogP contribution is 2.41. The zero-order valence-electron chi connectivity index (χ0n) is 20.4. The molecule has 1 aliphatic rings. The van der Waals surface area contributed by atoms with Crippen molar-refractivity contribution in [1.29, 1.82) is 0 Å². The maximum absolute atomic E-state index is 13.1. The van der Waals surface area contributed by atoms with Gasteiger partial charge in [0, 0.05) is 12.7 Å². The molecule has 0 saturated carbocycles. The Labute approximate surface area is 223 Å². The van der Waals surface area contributed by atoms with Gasteiger partial charge in [-0.15, -0.1) is 0 Å². The van der Waals surface area contributed by atoms with Crippen molar-refractivity contribution in [3.05, 3.63) is 93.2 Å². The standard InChI is InChI=1S/C27H25BrN4O4S/c1-3-36-26(33)25-22(28)21-13-12-19-15-29-27(31-37(34,35)20-10-5-4-6-11-20)30-23(19)24(21)32(25)16-18-9-7-8-17(2)14-18/h4-11,14-15H,3,12-13,16H2,1-2H3,(H,29,30,31). The molecule has 0 saturated heterocycles. The van der Waals surface area contributed by atoms with Crippen LogP contribution in [-0.4, -0.2) is 35.5 Å². The van der Waals surface area contributed by atoms with E-state index < -0.39 is 16.0 Å². The van der Waals surface area contributed by atoms with E-state index in [2.05, 4.69) is 36.7 Å². The quantitative estimate of drug-likeness (QED) is 0.303. The summed E-state index contributed by atoms with van der Waals surface area (Å²) in [5.41, 5.74) is 5.68. The van der Waals surface area contributed by atoms with Crippen LogP contribution in [0.1, 0.15) is 39.7 Å². The lowest BCUT2D eigenvalue weighted by molar-refractivity contribution is 0.0513. The molecule has 1 aliphatic carbocycles. The van der Waals surface area contributed by atoms with Crippen LogP contribution in [0.4, 0.5) is 5.95 Å². The first-order chi connectivity index (χ1) is 17.8. The average Bonchev–Trinajstić information content (AvgIpc) is 3.16. The van der Waals surface area contributed by atoms with Crippen LogP contribution in [0, 0.1) is 6.92 Å². The Kier molecular flexibility index (Phi) is 6.87. The van der Waals surface area contributed by atoms with Gasteiger partial charge in [-0.1, -0.05) is 48.0 Å². The molecular weight excluding hydrogens is 556 g/mol. The molecule has 4 aromatic rings. The van der Waals surface area contributed by atoms with Crippen molar-refractivity contribution in [2.75, 3.05) is 11.3 Å². The van der Waals surface area contributed by atoms with Gasteiger partial charge >= 0.3 is 5.97 Å². The third-order valence-corrected chi connectivity index (χ3v) is 8.40. The first-order valence-corrected chi connectivity index (χ1v) is 14.1. The van der Waals surface area contributed by atoms with Gasteiger partial charge in [-0.25, -0.2) is 27.9 Å². The summed E-state index contributed by atoms with van der Waals surface area (Å²) in [6, 6.07) is 16.1. The van der Waals surface area contributed by atoms with Gasteiger partial charge in [0.15, 0.2) is 0 Å². The van der Waals surface area contributed by atoms with E-state index in [9.17, 15) is 13.2 Å². The number of benzene rings is 2. The number of aryl methyl sites for hydroxylation is 2. The van der Waals surface area contributed by atoms with Crippen molar-refractivity contribution in [3.63, 3.8) is 0 Å². The molecule has 0 radical (unpaired) electrons. The number of sulfonamides is 1. The van der Waals surface area contributed by atoms with Crippen molar-refractivity contribution in [1.82, 2.24) is 14.5 Å². The predicted molar refractivity (Wildman–Crippen MR) is 144 cm³/mol. The maximum Gasteiger partial charge on any atom is 0.356 e. The molecule has 5 rings (SSSR count). The summed E-state index contributed by atoms with van der Waals surface area (Å²) >= 11 is 3.66. The Hall–Kier alpha value is -3.50. The van der Waals surface area contributed by atoms with E-state index in [0.717, 1.165) is 27.9 Å². The molecule has 37 heavy (non-hydrogen) atoms. The van der Waals surface area contributed by atoms with E-state index in [0.29, 0.717) is 35.2 Å². The van der Waals surface area contributed by atoms with Gasteiger partial charge in [0.05, 0.1) is 27.4 Å². The summed E-state index contributed by atoms with van der Waals surface area (Å²) in [4.78, 5) is 22.1. The number of rotatable bonds is 7. The normalized spacial score (nSPS) is 12.5. The Morgan fingerprint density at radius 1 is 1.14 bits per heavy atom. The van der Waals surface area contributed by atoms with E-state index in [1.165, 1.54) is 12.1 Å². The summed E-state index contributed by atoms with van der Waals surface area (Å²) < 4.78 is 36.3. The molecule has 2 heterocycles. The first-order valence-electron chi connectivity index (χ1n) is 11.9. The van der Waals surface area contributed by atoms with Crippen LogP contribution >= 0.6 is 15.9 Å². The number of esters is 1. The van der Waals surface area contributed by atoms with Gasteiger partial charge in [-0.3, -0.25) is 0 Å². The number of nitrogens with zero attached hydrogens (tertiary/aromatic N) is 3. The molecule has 0 amide bonds. The third-order valence-electron chi connectivity index (χ3n) is 6.20. The van der Waals surface area contributed by atoms with Crippen molar-refractivity contribution >= 4 is 37.9 Å². The summed E-state index contributed by atoms with van der Waals surface area (Å²) in [5, 5.41) is 0. The highest BCUT2D eigenvalue weighted by atomic mass is 79.9. The van der Waals surface area contributed by atoms with E-state index in [1.807, 2.05) is 29.7 Å². The fourth-order valence-electron chi connectivity index (χ4n) is 4.57. The molecule has 8 nitrogen and oxygen atoms in total. The minimum atomic E-state index is -3.87. The number of fused-ring (bicyclic) bond motifs is 3. The van der Waals surface area contributed by atoms with Crippen molar-refractivity contribution < 1.29 is 17.9 Å². The van der Waals surface area contributed by atoms with Gasteiger partial charge in [0.1, 0.15) is 5.69 Å². The second-order valence-electron chi connectivity index (χ2n) is 8.77. The predicted octanol–water partition coefficient (Wildman–Crippen LogP) is 5.14. The number of carbonyl (C=O) groups excluding carboxylic acids is 1. The smallest absolute Gasteiger partial charge is 0.356 e. The molecule has 190 valence electrons. The Balaban J connectivity index is 1.64. The molecule has 2 aromatic heterocycles. The average molecular weight is 581 g/mol. The monoisotopic (exact) mass is 580 g/mol. The SMILES string of the molecule is CCOC(=O)c1c(Br)c2c(n1Cc1cccc(C)c1)-c1nc(NS(=O)(=O)c3ccccc3)ncc1CC2. The van der Waals surface area contributed by atoms with Crippen LogP contribution in [0.2, 0.25) is 0 Å². The number of hydrogen-bond acceptors (Lipinski definition) is 6. The molecule has 10 heteroatoms. The maximum atomic E-state index is 13.1. The van der Waals surface area contributed by atoms with E-state index in [4.69, 9.17) is 4.74 Å². The molecule has 0 unspecified atom stereocenters. The molecule has 0 bridgehead atoms. The van der Waals surface area contributed by atoms with Gasteiger partial charge in [-0.2, -0.15) is 0 Å². The first kappa shape index (κ1) is 25.2. The van der Waals surface area contributed by atoms with Gasteiger partial charge < -0.3 is 9.30 Å². The second-order valence-corrected chi connectivity index (χ2v) is 11.2. The number of carbonyl (C=O) groups is 1. The van der Waals surface area contributed by atoms with Crippen LogP contribution in [0.3, 0.4) is 0 Å². The largest absolute Gasteiger partial charge is 0.461 e. The minimum absolute atomic E-state index is 0.0347. The Bertz CT molecular complexity index is 1600. The lowest BCUT2D eigenvalue weighted by Gasteiger charge is -2.20. The summed E-state index contributed by atoms with van der Waals surface area (Å²) in [7, 11) is -3.87. The van der Waals surface area contributed by atoms with Crippen LogP contribution in [-0.2, 0) is 34.1 Å². The van der Waals surface area contributed by atoms with Crippen molar-refractivity contribution in [2.24, 2.45) is 0 Å². The Morgan fingerprint density at radius 2 is 1.92 bits per heavy atom. The van der Waals surface area contributed by atoms with Gasteiger partial charge in [0.2, 0.25) is 5.95 Å². The number of hydrogen-bond donors (Lipinski definition) is 1. The number of halogens is 1. The summed E-state index contributed by atoms with van der Waals surface area (Å²) in [5.74, 6) is -0.468. The molecule has 0 fully saturated rings. The molecule has 0 spiro atoms. The third kappa shape index (κ3) is 4.91. The molecule has 1 N–H and O–H groups in total. The fourth-order valence-corrected chi connectivity index (χ4v) is 6.31. The van der Waals surface area contributed by atoms with Crippen molar-refractivity contribution in [3.8, 4) is 11.4 Å². The lowest BCUT2D eigenvalue weighted by atomic mass is 9.95. The van der Waals surface area contributed by atoms with Gasteiger partial charge in [0.25, 0.3) is 10.0 Å².